The van der Waals surface area contributed by atoms with E-state index in [-0.39, 0.29) is 11.0 Å². The Balaban J connectivity index is 4.24. The van der Waals surface area contributed by atoms with Crippen molar-refractivity contribution in [3.8, 4) is 0 Å². The molecule has 0 spiro atoms. The summed E-state index contributed by atoms with van der Waals surface area (Å²) >= 11 is 0. The Labute approximate surface area is 77.5 Å². The van der Waals surface area contributed by atoms with Crippen LogP contribution < -0.4 is 0 Å². The van der Waals surface area contributed by atoms with E-state index >= 15 is 0 Å². The first-order valence-corrected chi connectivity index (χ1v) is 4.92. The number of methoxy groups -OCH3 is 1. The van der Waals surface area contributed by atoms with Crippen molar-refractivity contribution in [3.05, 3.63) is 0 Å². The molecule has 0 aliphatic heterocycles. The van der Waals surface area contributed by atoms with Gasteiger partial charge in [-0.3, -0.25) is 0 Å². The molecule has 0 aliphatic carbocycles. The van der Waals surface area contributed by atoms with Crippen LogP contribution in [-0.2, 0) is 4.74 Å². The minimum Gasteiger partial charge on any atom is -0.378 e. The van der Waals surface area contributed by atoms with E-state index in [1.807, 2.05) is 7.11 Å². The van der Waals surface area contributed by atoms with Crippen molar-refractivity contribution in [1.82, 2.24) is 0 Å². The van der Waals surface area contributed by atoms with E-state index in [1.165, 1.54) is 12.8 Å². The van der Waals surface area contributed by atoms with Gasteiger partial charge in [-0.05, 0) is 18.8 Å². The van der Waals surface area contributed by atoms with Gasteiger partial charge < -0.3 is 4.74 Å². The fourth-order valence-electron chi connectivity index (χ4n) is 1.30. The largest absolute Gasteiger partial charge is 0.378 e. The molecule has 0 heterocycles. The van der Waals surface area contributed by atoms with Crippen LogP contribution in [0, 0.1) is 5.41 Å². The highest BCUT2D eigenvalue weighted by Crippen LogP contribution is 2.36. The molecule has 0 saturated carbocycles. The second kappa shape index (κ2) is 4.27. The molecule has 74 valence electrons. The molecule has 1 atom stereocenters. The SMILES string of the molecule is CCCCC(C)(OC)C(C)(C)C. The molecular weight excluding hydrogens is 148 g/mol. The molecule has 12 heavy (non-hydrogen) atoms. The van der Waals surface area contributed by atoms with Crippen LogP contribution in [0.2, 0.25) is 0 Å². The van der Waals surface area contributed by atoms with E-state index in [1.54, 1.807) is 0 Å². The van der Waals surface area contributed by atoms with E-state index in [9.17, 15) is 0 Å². The van der Waals surface area contributed by atoms with Gasteiger partial charge in [-0.25, -0.2) is 0 Å². The van der Waals surface area contributed by atoms with Gasteiger partial charge in [0.1, 0.15) is 0 Å². The molecule has 0 aromatic rings. The second-order valence-electron chi connectivity index (χ2n) is 4.79. The zero-order valence-electron chi connectivity index (χ0n) is 9.53. The quantitative estimate of drug-likeness (QED) is 0.629. The predicted octanol–water partition coefficient (Wildman–Crippen LogP) is 3.63. The maximum Gasteiger partial charge on any atom is 0.0698 e. The summed E-state index contributed by atoms with van der Waals surface area (Å²) in [6.45, 7) is 11.2. The van der Waals surface area contributed by atoms with E-state index < -0.39 is 0 Å². The van der Waals surface area contributed by atoms with Gasteiger partial charge in [-0.1, -0.05) is 40.5 Å². The van der Waals surface area contributed by atoms with Crippen LogP contribution in [0.5, 0.6) is 0 Å². The molecule has 0 bridgehead atoms. The van der Waals surface area contributed by atoms with Crippen molar-refractivity contribution in [2.75, 3.05) is 7.11 Å². The average Bonchev–Trinajstić information content (AvgIpc) is 1.98. The van der Waals surface area contributed by atoms with Crippen LogP contribution in [0.25, 0.3) is 0 Å². The summed E-state index contributed by atoms with van der Waals surface area (Å²) in [5, 5.41) is 0. The second-order valence-corrected chi connectivity index (χ2v) is 4.79. The Morgan fingerprint density at radius 1 is 1.08 bits per heavy atom. The number of hydrogen-bond donors (Lipinski definition) is 0. The van der Waals surface area contributed by atoms with Gasteiger partial charge >= 0.3 is 0 Å². The summed E-state index contributed by atoms with van der Waals surface area (Å²) in [5.74, 6) is 0. The van der Waals surface area contributed by atoms with Crippen molar-refractivity contribution in [3.63, 3.8) is 0 Å². The first-order valence-electron chi connectivity index (χ1n) is 4.92. The first kappa shape index (κ1) is 12.0. The molecule has 0 aliphatic rings. The van der Waals surface area contributed by atoms with Crippen LogP contribution in [0.3, 0.4) is 0 Å². The fourth-order valence-corrected chi connectivity index (χ4v) is 1.30. The van der Waals surface area contributed by atoms with Crippen molar-refractivity contribution in [1.29, 1.82) is 0 Å². The first-order chi connectivity index (χ1) is 5.37. The highest BCUT2D eigenvalue weighted by molar-refractivity contribution is 4.87. The Bertz CT molecular complexity index is 123. The van der Waals surface area contributed by atoms with Crippen molar-refractivity contribution < 1.29 is 4.74 Å². The minimum atomic E-state index is 0.0308. The Morgan fingerprint density at radius 3 is 1.83 bits per heavy atom. The van der Waals surface area contributed by atoms with E-state index in [4.69, 9.17) is 4.74 Å². The molecule has 0 amide bonds. The normalized spacial score (nSPS) is 17.5. The summed E-state index contributed by atoms with van der Waals surface area (Å²) in [5.41, 5.74) is 0.264. The smallest absolute Gasteiger partial charge is 0.0698 e. The van der Waals surface area contributed by atoms with E-state index in [0.29, 0.717) is 0 Å². The summed E-state index contributed by atoms with van der Waals surface area (Å²) in [7, 11) is 1.82. The summed E-state index contributed by atoms with van der Waals surface area (Å²) in [6.07, 6.45) is 3.65. The van der Waals surface area contributed by atoms with Gasteiger partial charge in [0, 0.05) is 7.11 Å². The van der Waals surface area contributed by atoms with Gasteiger partial charge in [0.15, 0.2) is 0 Å². The van der Waals surface area contributed by atoms with Gasteiger partial charge in [-0.2, -0.15) is 0 Å². The molecule has 1 heteroatoms. The van der Waals surface area contributed by atoms with Crippen LogP contribution >= 0.6 is 0 Å². The van der Waals surface area contributed by atoms with Crippen LogP contribution in [0.4, 0.5) is 0 Å². The fraction of sp³-hybridized carbons (Fsp3) is 1.00. The zero-order chi connectivity index (χ0) is 9.83. The van der Waals surface area contributed by atoms with Crippen LogP contribution in [-0.4, -0.2) is 12.7 Å². The van der Waals surface area contributed by atoms with E-state index in [0.717, 1.165) is 6.42 Å². The van der Waals surface area contributed by atoms with Gasteiger partial charge in [0.05, 0.1) is 5.60 Å². The lowest BCUT2D eigenvalue weighted by Crippen LogP contribution is -2.41. The maximum atomic E-state index is 5.60. The number of rotatable bonds is 4. The number of unbranched alkanes of at least 4 members (excludes halogenated alkanes) is 1. The molecule has 0 saturated heterocycles. The molecule has 0 aromatic heterocycles. The molecule has 0 N–H and O–H groups in total. The summed E-state index contributed by atoms with van der Waals surface area (Å²) in [6, 6.07) is 0. The molecule has 1 nitrogen and oxygen atoms in total. The van der Waals surface area contributed by atoms with Gasteiger partial charge in [0.2, 0.25) is 0 Å². The highest BCUT2D eigenvalue weighted by atomic mass is 16.5. The topological polar surface area (TPSA) is 9.23 Å². The lowest BCUT2D eigenvalue weighted by molar-refractivity contribution is -0.0842. The molecular formula is C11H24O. The minimum absolute atomic E-state index is 0.0308. The third-order valence-electron chi connectivity index (χ3n) is 3.04. The number of ether oxygens (including phenoxy) is 1. The zero-order valence-corrected chi connectivity index (χ0v) is 9.53. The van der Waals surface area contributed by atoms with Crippen molar-refractivity contribution >= 4 is 0 Å². The third-order valence-corrected chi connectivity index (χ3v) is 3.04. The monoisotopic (exact) mass is 172 g/mol. The molecule has 0 aromatic carbocycles. The van der Waals surface area contributed by atoms with Crippen molar-refractivity contribution in [2.24, 2.45) is 5.41 Å². The molecule has 0 radical (unpaired) electrons. The molecule has 0 rings (SSSR count). The van der Waals surface area contributed by atoms with E-state index in [2.05, 4.69) is 34.6 Å². The van der Waals surface area contributed by atoms with Gasteiger partial charge in [0.25, 0.3) is 0 Å². The Hall–Kier alpha value is -0.0400. The van der Waals surface area contributed by atoms with Crippen LogP contribution in [0.15, 0.2) is 0 Å². The maximum absolute atomic E-state index is 5.60. The standard InChI is InChI=1S/C11H24O/c1-7-8-9-11(5,12-6)10(2,3)4/h7-9H2,1-6H3. The molecule has 0 fully saturated rings. The Morgan fingerprint density at radius 2 is 1.58 bits per heavy atom. The lowest BCUT2D eigenvalue weighted by atomic mass is 9.75. The molecule has 1 unspecified atom stereocenters. The van der Waals surface area contributed by atoms with Crippen molar-refractivity contribution in [2.45, 2.75) is 59.5 Å². The average molecular weight is 172 g/mol. The Kier molecular flexibility index (Phi) is 4.25. The lowest BCUT2D eigenvalue weighted by Gasteiger charge is -2.41. The summed E-state index contributed by atoms with van der Waals surface area (Å²) in [4.78, 5) is 0. The summed E-state index contributed by atoms with van der Waals surface area (Å²) < 4.78 is 5.60. The highest BCUT2D eigenvalue weighted by Gasteiger charge is 2.36. The van der Waals surface area contributed by atoms with Crippen LogP contribution in [0.1, 0.15) is 53.9 Å². The van der Waals surface area contributed by atoms with Gasteiger partial charge in [-0.15, -0.1) is 0 Å². The third kappa shape index (κ3) is 2.78. The predicted molar refractivity (Wildman–Crippen MR) is 54.4 cm³/mol. The number of hydrogen-bond acceptors (Lipinski definition) is 1.